The van der Waals surface area contributed by atoms with Gasteiger partial charge in [0.2, 0.25) is 5.28 Å². The maximum atomic E-state index is 5.78. The molecule has 0 aromatic carbocycles. The first-order chi connectivity index (χ1) is 8.29. The van der Waals surface area contributed by atoms with Crippen LogP contribution in [0.1, 0.15) is 12.6 Å². The number of hydrogen-bond donors (Lipinski definition) is 0. The highest BCUT2D eigenvalue weighted by Gasteiger charge is 2.07. The van der Waals surface area contributed by atoms with E-state index in [0.717, 1.165) is 18.1 Å². The Morgan fingerprint density at radius 1 is 1.18 bits per heavy atom. The SMILES string of the molecule is CCN(Cc1ccccn1)c1ccnc(Cl)n1. The van der Waals surface area contributed by atoms with Crippen molar-refractivity contribution in [2.45, 2.75) is 13.5 Å². The van der Waals surface area contributed by atoms with Gasteiger partial charge in [-0.25, -0.2) is 9.97 Å². The molecule has 0 N–H and O–H groups in total. The third kappa shape index (κ3) is 3.14. The van der Waals surface area contributed by atoms with E-state index in [4.69, 9.17) is 11.6 Å². The van der Waals surface area contributed by atoms with Gasteiger partial charge in [0, 0.05) is 18.9 Å². The first-order valence-electron chi connectivity index (χ1n) is 5.43. The third-order valence-electron chi connectivity index (χ3n) is 2.40. The molecule has 0 spiro atoms. The van der Waals surface area contributed by atoms with Gasteiger partial charge in [-0.15, -0.1) is 0 Å². The normalized spacial score (nSPS) is 10.2. The molecule has 0 radical (unpaired) electrons. The predicted molar refractivity (Wildman–Crippen MR) is 68.0 cm³/mol. The van der Waals surface area contributed by atoms with Crippen LogP contribution in [0.3, 0.4) is 0 Å². The lowest BCUT2D eigenvalue weighted by molar-refractivity contribution is 0.791. The van der Waals surface area contributed by atoms with E-state index in [-0.39, 0.29) is 5.28 Å². The van der Waals surface area contributed by atoms with Crippen molar-refractivity contribution in [3.8, 4) is 0 Å². The molecular formula is C12H13ClN4. The van der Waals surface area contributed by atoms with Gasteiger partial charge in [-0.1, -0.05) is 6.07 Å². The van der Waals surface area contributed by atoms with Crippen molar-refractivity contribution in [1.29, 1.82) is 0 Å². The fourth-order valence-electron chi connectivity index (χ4n) is 1.54. The maximum Gasteiger partial charge on any atom is 0.224 e. The molecule has 0 unspecified atom stereocenters. The average molecular weight is 249 g/mol. The van der Waals surface area contributed by atoms with E-state index in [1.165, 1.54) is 0 Å². The summed E-state index contributed by atoms with van der Waals surface area (Å²) < 4.78 is 0. The Hall–Kier alpha value is -1.68. The molecule has 0 saturated heterocycles. The van der Waals surface area contributed by atoms with Gasteiger partial charge in [0.25, 0.3) is 0 Å². The zero-order chi connectivity index (χ0) is 12.1. The summed E-state index contributed by atoms with van der Waals surface area (Å²) in [6.45, 7) is 3.62. The van der Waals surface area contributed by atoms with E-state index in [2.05, 4.69) is 26.8 Å². The minimum absolute atomic E-state index is 0.266. The molecule has 0 aliphatic carbocycles. The zero-order valence-electron chi connectivity index (χ0n) is 9.55. The van der Waals surface area contributed by atoms with Gasteiger partial charge in [0.05, 0.1) is 12.2 Å². The molecule has 17 heavy (non-hydrogen) atoms. The molecule has 4 nitrogen and oxygen atoms in total. The highest BCUT2D eigenvalue weighted by molar-refractivity contribution is 6.28. The van der Waals surface area contributed by atoms with Gasteiger partial charge in [-0.05, 0) is 36.7 Å². The van der Waals surface area contributed by atoms with Crippen molar-refractivity contribution in [1.82, 2.24) is 15.0 Å². The second kappa shape index (κ2) is 5.59. The zero-order valence-corrected chi connectivity index (χ0v) is 10.3. The van der Waals surface area contributed by atoms with E-state index in [0.29, 0.717) is 6.54 Å². The van der Waals surface area contributed by atoms with Crippen LogP contribution < -0.4 is 4.90 Å². The van der Waals surface area contributed by atoms with Crippen LogP contribution in [0.4, 0.5) is 5.82 Å². The number of nitrogens with zero attached hydrogens (tertiary/aromatic N) is 4. The van der Waals surface area contributed by atoms with Gasteiger partial charge < -0.3 is 4.90 Å². The van der Waals surface area contributed by atoms with Gasteiger partial charge in [-0.3, -0.25) is 4.98 Å². The summed E-state index contributed by atoms with van der Waals surface area (Å²) in [6, 6.07) is 7.72. The topological polar surface area (TPSA) is 41.9 Å². The third-order valence-corrected chi connectivity index (χ3v) is 2.58. The number of rotatable bonds is 4. The number of halogens is 1. The lowest BCUT2D eigenvalue weighted by Gasteiger charge is -2.21. The summed E-state index contributed by atoms with van der Waals surface area (Å²) >= 11 is 5.78. The largest absolute Gasteiger partial charge is 0.351 e. The minimum Gasteiger partial charge on any atom is -0.351 e. The molecule has 0 saturated carbocycles. The smallest absolute Gasteiger partial charge is 0.224 e. The van der Waals surface area contributed by atoms with Gasteiger partial charge in [0.1, 0.15) is 5.82 Å². The van der Waals surface area contributed by atoms with Crippen LogP contribution in [0.25, 0.3) is 0 Å². The lowest BCUT2D eigenvalue weighted by atomic mass is 10.3. The number of hydrogen-bond acceptors (Lipinski definition) is 4. The highest BCUT2D eigenvalue weighted by atomic mass is 35.5. The lowest BCUT2D eigenvalue weighted by Crippen LogP contribution is -2.23. The fraction of sp³-hybridized carbons (Fsp3) is 0.250. The van der Waals surface area contributed by atoms with Crippen LogP contribution in [-0.4, -0.2) is 21.5 Å². The quantitative estimate of drug-likeness (QED) is 0.780. The van der Waals surface area contributed by atoms with Crippen molar-refractivity contribution in [2.75, 3.05) is 11.4 Å². The minimum atomic E-state index is 0.266. The number of pyridine rings is 1. The summed E-state index contributed by atoms with van der Waals surface area (Å²) in [7, 11) is 0. The van der Waals surface area contributed by atoms with Crippen LogP contribution in [-0.2, 0) is 6.54 Å². The first-order valence-corrected chi connectivity index (χ1v) is 5.81. The Morgan fingerprint density at radius 2 is 2.06 bits per heavy atom. The summed E-state index contributed by atoms with van der Waals surface area (Å²) in [4.78, 5) is 14.5. The molecule has 2 aromatic heterocycles. The van der Waals surface area contributed by atoms with E-state index < -0.39 is 0 Å². The summed E-state index contributed by atoms with van der Waals surface area (Å²) in [5.41, 5.74) is 1.00. The van der Waals surface area contributed by atoms with Crippen LogP contribution in [0.5, 0.6) is 0 Å². The van der Waals surface area contributed by atoms with E-state index in [1.807, 2.05) is 24.3 Å². The summed E-state index contributed by atoms with van der Waals surface area (Å²) in [6.07, 6.45) is 3.45. The maximum absolute atomic E-state index is 5.78. The van der Waals surface area contributed by atoms with Crippen molar-refractivity contribution >= 4 is 17.4 Å². The Labute approximate surface area is 105 Å². The molecule has 2 rings (SSSR count). The summed E-state index contributed by atoms with van der Waals surface area (Å²) in [5, 5.41) is 0.266. The van der Waals surface area contributed by atoms with Crippen LogP contribution in [0.15, 0.2) is 36.7 Å². The van der Waals surface area contributed by atoms with Gasteiger partial charge >= 0.3 is 0 Å². The number of aromatic nitrogens is 3. The van der Waals surface area contributed by atoms with E-state index >= 15 is 0 Å². The Kier molecular flexibility index (Phi) is 3.88. The molecule has 2 aromatic rings. The van der Waals surface area contributed by atoms with E-state index in [9.17, 15) is 0 Å². The van der Waals surface area contributed by atoms with Crippen molar-refractivity contribution in [3.63, 3.8) is 0 Å². The first kappa shape index (κ1) is 11.8. The molecule has 0 fully saturated rings. The second-order valence-corrected chi connectivity index (χ2v) is 3.86. The Balaban J connectivity index is 2.17. The molecule has 0 aliphatic heterocycles. The highest BCUT2D eigenvalue weighted by Crippen LogP contribution is 2.14. The molecule has 0 bridgehead atoms. The average Bonchev–Trinajstić information content (AvgIpc) is 2.37. The molecule has 88 valence electrons. The van der Waals surface area contributed by atoms with Crippen LogP contribution in [0, 0.1) is 0 Å². The van der Waals surface area contributed by atoms with Crippen molar-refractivity contribution < 1.29 is 0 Å². The van der Waals surface area contributed by atoms with Crippen molar-refractivity contribution in [3.05, 3.63) is 47.6 Å². The van der Waals surface area contributed by atoms with E-state index in [1.54, 1.807) is 12.4 Å². The predicted octanol–water partition coefficient (Wildman–Crippen LogP) is 2.55. The molecule has 2 heterocycles. The van der Waals surface area contributed by atoms with Gasteiger partial charge in [-0.2, -0.15) is 0 Å². The molecule has 0 atom stereocenters. The fourth-order valence-corrected chi connectivity index (χ4v) is 1.69. The second-order valence-electron chi connectivity index (χ2n) is 3.52. The molecular weight excluding hydrogens is 236 g/mol. The number of anilines is 1. The van der Waals surface area contributed by atoms with Gasteiger partial charge in [0.15, 0.2) is 0 Å². The molecule has 0 amide bonds. The summed E-state index contributed by atoms with van der Waals surface area (Å²) in [5.74, 6) is 0.818. The Morgan fingerprint density at radius 3 is 2.71 bits per heavy atom. The monoisotopic (exact) mass is 248 g/mol. The standard InChI is InChI=1S/C12H13ClN4/c1-2-17(9-10-5-3-4-7-14-10)11-6-8-15-12(13)16-11/h3-8H,2,9H2,1H3. The van der Waals surface area contributed by atoms with Crippen LogP contribution >= 0.6 is 11.6 Å². The van der Waals surface area contributed by atoms with Crippen LogP contribution in [0.2, 0.25) is 5.28 Å². The van der Waals surface area contributed by atoms with Crippen molar-refractivity contribution in [2.24, 2.45) is 0 Å². The Bertz CT molecular complexity index is 475. The molecule has 5 heteroatoms. The molecule has 0 aliphatic rings.